The summed E-state index contributed by atoms with van der Waals surface area (Å²) < 4.78 is 21.5. The minimum atomic E-state index is -0.606. The molecule has 3 rings (SSSR count). The van der Waals surface area contributed by atoms with Crippen LogP contribution >= 0.6 is 0 Å². The maximum atomic E-state index is 12.2. The number of Topliss-reactive ketones (excluding diaryl/α,β-unsaturated/α-hetero) is 1. The first kappa shape index (κ1) is 20.5. The third-order valence-electron chi connectivity index (χ3n) is 4.51. The Morgan fingerprint density at radius 1 is 1.10 bits per heavy atom. The van der Waals surface area contributed by atoms with Crippen molar-refractivity contribution in [2.24, 2.45) is 0 Å². The zero-order chi connectivity index (χ0) is 20.8. The highest BCUT2D eigenvalue weighted by Crippen LogP contribution is 2.40. The maximum absolute atomic E-state index is 12.2. The first-order valence-electron chi connectivity index (χ1n) is 9.43. The van der Waals surface area contributed by atoms with Gasteiger partial charge in [0.1, 0.15) is 13.2 Å². The van der Waals surface area contributed by atoms with Crippen LogP contribution in [0.1, 0.15) is 41.3 Å². The van der Waals surface area contributed by atoms with Crippen molar-refractivity contribution in [3.8, 4) is 17.2 Å². The highest BCUT2D eigenvalue weighted by atomic mass is 16.6. The molecule has 1 heterocycles. The molecule has 0 fully saturated rings. The number of carbonyl (C=O) groups excluding carboxylic acids is 2. The molecule has 152 valence electrons. The van der Waals surface area contributed by atoms with Gasteiger partial charge in [0, 0.05) is 11.6 Å². The quantitative estimate of drug-likeness (QED) is 0.400. The molecule has 1 aliphatic heterocycles. The van der Waals surface area contributed by atoms with E-state index in [1.54, 1.807) is 30.3 Å². The van der Waals surface area contributed by atoms with E-state index in [-0.39, 0.29) is 12.4 Å². The fourth-order valence-corrected chi connectivity index (χ4v) is 2.88. The van der Waals surface area contributed by atoms with E-state index in [1.165, 1.54) is 13.2 Å². The van der Waals surface area contributed by atoms with E-state index >= 15 is 0 Å². The molecule has 2 aromatic carbocycles. The van der Waals surface area contributed by atoms with Gasteiger partial charge in [0.2, 0.25) is 5.75 Å². The number of rotatable bonds is 7. The smallest absolute Gasteiger partial charge is 0.331 e. The summed E-state index contributed by atoms with van der Waals surface area (Å²) in [4.78, 5) is 24.2. The first-order valence-corrected chi connectivity index (χ1v) is 9.43. The highest BCUT2D eigenvalue weighted by molar-refractivity contribution is 5.99. The maximum Gasteiger partial charge on any atom is 0.331 e. The largest absolute Gasteiger partial charge is 0.493 e. The fourth-order valence-electron chi connectivity index (χ4n) is 2.88. The molecule has 0 aliphatic carbocycles. The number of carbonyl (C=O) groups is 2. The predicted octanol–water partition coefficient (Wildman–Crippen LogP) is 4.03. The second-order valence-electron chi connectivity index (χ2n) is 6.89. The van der Waals surface area contributed by atoms with Gasteiger partial charge < -0.3 is 18.9 Å². The monoisotopic (exact) mass is 396 g/mol. The van der Waals surface area contributed by atoms with Crippen LogP contribution in [-0.2, 0) is 9.53 Å². The van der Waals surface area contributed by atoms with Crippen LogP contribution in [0.5, 0.6) is 17.2 Å². The predicted molar refractivity (Wildman–Crippen MR) is 109 cm³/mol. The molecule has 1 aliphatic rings. The standard InChI is InChI=1S/C23H24O6/c1-15(2)17-5-7-18(8-6-17)19(24)14-29-22(25)9-4-16-12-20(26-3)23-21(13-16)27-10-11-28-23/h4-9,12-13,15H,10-11,14H2,1-3H3/b9-4+. The number of benzene rings is 2. The third kappa shape index (κ3) is 5.16. The number of hydrogen-bond donors (Lipinski definition) is 0. The fraction of sp³-hybridized carbons (Fsp3) is 0.304. The molecule has 0 bridgehead atoms. The van der Waals surface area contributed by atoms with Gasteiger partial charge in [0.25, 0.3) is 0 Å². The van der Waals surface area contributed by atoms with Gasteiger partial charge in [-0.25, -0.2) is 4.79 Å². The molecule has 0 aromatic heterocycles. The van der Waals surface area contributed by atoms with E-state index in [0.29, 0.717) is 47.5 Å². The van der Waals surface area contributed by atoms with Crippen molar-refractivity contribution < 1.29 is 28.5 Å². The number of esters is 1. The van der Waals surface area contributed by atoms with Gasteiger partial charge in [0.05, 0.1) is 7.11 Å². The molecule has 0 saturated heterocycles. The topological polar surface area (TPSA) is 71.1 Å². The molecule has 6 nitrogen and oxygen atoms in total. The summed E-state index contributed by atoms with van der Waals surface area (Å²) in [6, 6.07) is 10.8. The van der Waals surface area contributed by atoms with Crippen molar-refractivity contribution in [3.63, 3.8) is 0 Å². The Morgan fingerprint density at radius 3 is 2.52 bits per heavy atom. The average Bonchev–Trinajstić information content (AvgIpc) is 2.75. The molecule has 6 heteroatoms. The van der Waals surface area contributed by atoms with Crippen LogP contribution in [0.4, 0.5) is 0 Å². The van der Waals surface area contributed by atoms with Crippen molar-refractivity contribution in [2.45, 2.75) is 19.8 Å². The Hall–Kier alpha value is -3.28. The van der Waals surface area contributed by atoms with Crippen LogP contribution in [0.15, 0.2) is 42.5 Å². The third-order valence-corrected chi connectivity index (χ3v) is 4.51. The lowest BCUT2D eigenvalue weighted by molar-refractivity contribution is -0.136. The molecule has 0 atom stereocenters. The van der Waals surface area contributed by atoms with Crippen LogP contribution in [-0.4, -0.2) is 38.7 Å². The molecular weight excluding hydrogens is 372 g/mol. The molecule has 0 spiro atoms. The van der Waals surface area contributed by atoms with E-state index in [9.17, 15) is 9.59 Å². The lowest BCUT2D eigenvalue weighted by atomic mass is 10.0. The van der Waals surface area contributed by atoms with Crippen LogP contribution in [0, 0.1) is 0 Å². The van der Waals surface area contributed by atoms with Gasteiger partial charge in [0.15, 0.2) is 23.9 Å². The highest BCUT2D eigenvalue weighted by Gasteiger charge is 2.18. The van der Waals surface area contributed by atoms with E-state index in [0.717, 1.165) is 5.56 Å². The van der Waals surface area contributed by atoms with Gasteiger partial charge in [-0.15, -0.1) is 0 Å². The summed E-state index contributed by atoms with van der Waals surface area (Å²) in [7, 11) is 1.54. The minimum absolute atomic E-state index is 0.247. The van der Waals surface area contributed by atoms with Crippen molar-refractivity contribution in [1.82, 2.24) is 0 Å². The summed E-state index contributed by atoms with van der Waals surface area (Å²) in [6.45, 7) is 4.77. The summed E-state index contributed by atoms with van der Waals surface area (Å²) >= 11 is 0. The Morgan fingerprint density at radius 2 is 1.83 bits per heavy atom. The molecule has 0 amide bonds. The van der Waals surface area contributed by atoms with Crippen molar-refractivity contribution in [3.05, 3.63) is 59.2 Å². The lowest BCUT2D eigenvalue weighted by Crippen LogP contribution is -2.16. The lowest BCUT2D eigenvalue weighted by Gasteiger charge is -2.20. The first-order chi connectivity index (χ1) is 14.0. The van der Waals surface area contributed by atoms with Crippen LogP contribution < -0.4 is 14.2 Å². The SMILES string of the molecule is COc1cc(/C=C/C(=O)OCC(=O)c2ccc(C(C)C)cc2)cc2c1OCCO2. The molecule has 0 N–H and O–H groups in total. The zero-order valence-electron chi connectivity index (χ0n) is 16.8. The Bertz CT molecular complexity index is 894. The zero-order valence-corrected chi connectivity index (χ0v) is 16.8. The summed E-state index contributed by atoms with van der Waals surface area (Å²) in [6.07, 6.45) is 2.84. The second-order valence-corrected chi connectivity index (χ2v) is 6.89. The van der Waals surface area contributed by atoms with Crippen LogP contribution in [0.3, 0.4) is 0 Å². The minimum Gasteiger partial charge on any atom is -0.493 e. The van der Waals surface area contributed by atoms with Gasteiger partial charge in [-0.3, -0.25) is 4.79 Å². The summed E-state index contributed by atoms with van der Waals surface area (Å²) in [5.41, 5.74) is 2.36. The summed E-state index contributed by atoms with van der Waals surface area (Å²) in [5.74, 6) is 1.17. The van der Waals surface area contributed by atoms with Gasteiger partial charge in [-0.2, -0.15) is 0 Å². The number of fused-ring (bicyclic) bond motifs is 1. The normalized spacial score (nSPS) is 12.8. The number of ketones is 1. The van der Waals surface area contributed by atoms with E-state index in [4.69, 9.17) is 18.9 Å². The van der Waals surface area contributed by atoms with Crippen molar-refractivity contribution >= 4 is 17.8 Å². The van der Waals surface area contributed by atoms with Gasteiger partial charge >= 0.3 is 5.97 Å². The van der Waals surface area contributed by atoms with Crippen LogP contribution in [0.2, 0.25) is 0 Å². The average molecular weight is 396 g/mol. The van der Waals surface area contributed by atoms with Crippen molar-refractivity contribution in [2.75, 3.05) is 26.9 Å². The Labute approximate surface area is 170 Å². The number of methoxy groups -OCH3 is 1. The van der Waals surface area contributed by atoms with E-state index in [1.807, 2.05) is 12.1 Å². The number of ether oxygens (including phenoxy) is 4. The Kier molecular flexibility index (Phi) is 6.54. The van der Waals surface area contributed by atoms with Gasteiger partial charge in [-0.1, -0.05) is 38.1 Å². The Balaban J connectivity index is 1.59. The molecule has 0 unspecified atom stereocenters. The van der Waals surface area contributed by atoms with Crippen LogP contribution in [0.25, 0.3) is 6.08 Å². The summed E-state index contributed by atoms with van der Waals surface area (Å²) in [5, 5.41) is 0. The van der Waals surface area contributed by atoms with Crippen molar-refractivity contribution in [1.29, 1.82) is 0 Å². The second kappa shape index (κ2) is 9.28. The molecule has 29 heavy (non-hydrogen) atoms. The van der Waals surface area contributed by atoms with E-state index in [2.05, 4.69) is 13.8 Å². The molecule has 2 aromatic rings. The van der Waals surface area contributed by atoms with E-state index < -0.39 is 5.97 Å². The van der Waals surface area contributed by atoms with Gasteiger partial charge in [-0.05, 0) is 35.3 Å². The molecular formula is C23H24O6. The molecule has 0 saturated carbocycles. The molecule has 0 radical (unpaired) electrons. The number of hydrogen-bond acceptors (Lipinski definition) is 6.